The van der Waals surface area contributed by atoms with Gasteiger partial charge in [0.1, 0.15) is 0 Å². The molecule has 0 saturated carbocycles. The third-order valence-electron chi connectivity index (χ3n) is 2.10. The number of benzene rings is 2. The SMILES string of the molecule is Ic1ccccc1CSc1ccccc1. The Bertz CT molecular complexity index is 426. The summed E-state index contributed by atoms with van der Waals surface area (Å²) in [7, 11) is 0. The van der Waals surface area contributed by atoms with Crippen LogP contribution in [0.1, 0.15) is 5.56 Å². The third kappa shape index (κ3) is 3.24. The van der Waals surface area contributed by atoms with Gasteiger partial charge in [-0.3, -0.25) is 0 Å². The van der Waals surface area contributed by atoms with Crippen LogP contribution in [-0.4, -0.2) is 0 Å². The van der Waals surface area contributed by atoms with Crippen LogP contribution in [0.2, 0.25) is 0 Å². The van der Waals surface area contributed by atoms with Gasteiger partial charge in [0.25, 0.3) is 0 Å². The normalized spacial score (nSPS) is 10.2. The number of halogens is 1. The number of hydrogen-bond acceptors (Lipinski definition) is 1. The summed E-state index contributed by atoms with van der Waals surface area (Å²) in [6, 6.07) is 19.1. The Hall–Kier alpha value is -0.480. The van der Waals surface area contributed by atoms with E-state index in [0.29, 0.717) is 0 Å². The van der Waals surface area contributed by atoms with Crippen LogP contribution in [0.15, 0.2) is 59.5 Å². The zero-order valence-electron chi connectivity index (χ0n) is 8.19. The molecule has 0 aliphatic carbocycles. The van der Waals surface area contributed by atoms with E-state index < -0.39 is 0 Å². The molecule has 0 saturated heterocycles. The number of rotatable bonds is 3. The van der Waals surface area contributed by atoms with Crippen LogP contribution in [0.5, 0.6) is 0 Å². The minimum Gasteiger partial charge on any atom is -0.121 e. The maximum Gasteiger partial charge on any atom is 0.0242 e. The molecule has 0 aliphatic heterocycles. The highest BCUT2D eigenvalue weighted by Gasteiger charge is 1.99. The van der Waals surface area contributed by atoms with Crippen molar-refractivity contribution in [2.45, 2.75) is 10.6 Å². The Morgan fingerprint density at radius 3 is 2.27 bits per heavy atom. The molecule has 0 heterocycles. The van der Waals surface area contributed by atoms with Crippen molar-refractivity contribution < 1.29 is 0 Å². The fourth-order valence-corrected chi connectivity index (χ4v) is 3.05. The Labute approximate surface area is 108 Å². The molecule has 0 N–H and O–H groups in total. The first-order valence-electron chi connectivity index (χ1n) is 4.77. The topological polar surface area (TPSA) is 0 Å². The number of thioether (sulfide) groups is 1. The second kappa shape index (κ2) is 5.56. The quantitative estimate of drug-likeness (QED) is 0.587. The second-order valence-electron chi connectivity index (χ2n) is 3.19. The molecule has 2 aromatic rings. The predicted molar refractivity (Wildman–Crippen MR) is 75.2 cm³/mol. The van der Waals surface area contributed by atoms with E-state index >= 15 is 0 Å². The molecule has 15 heavy (non-hydrogen) atoms. The first-order valence-corrected chi connectivity index (χ1v) is 6.84. The summed E-state index contributed by atoms with van der Waals surface area (Å²) in [5.74, 6) is 1.04. The molecule has 76 valence electrons. The molecule has 0 fully saturated rings. The van der Waals surface area contributed by atoms with Gasteiger partial charge >= 0.3 is 0 Å². The summed E-state index contributed by atoms with van der Waals surface area (Å²) in [6.07, 6.45) is 0. The van der Waals surface area contributed by atoms with Gasteiger partial charge in [0.05, 0.1) is 0 Å². The van der Waals surface area contributed by atoms with Crippen molar-refractivity contribution in [2.75, 3.05) is 0 Å². The Balaban J connectivity index is 2.03. The molecule has 0 spiro atoms. The van der Waals surface area contributed by atoms with Crippen LogP contribution in [0.3, 0.4) is 0 Å². The van der Waals surface area contributed by atoms with Crippen LogP contribution in [0.25, 0.3) is 0 Å². The summed E-state index contributed by atoms with van der Waals surface area (Å²) in [5.41, 5.74) is 1.41. The van der Waals surface area contributed by atoms with Crippen molar-refractivity contribution >= 4 is 34.4 Å². The standard InChI is InChI=1S/C13H11IS/c14-13-9-5-4-6-11(13)10-15-12-7-2-1-3-8-12/h1-9H,10H2. The average Bonchev–Trinajstić information content (AvgIpc) is 2.29. The second-order valence-corrected chi connectivity index (χ2v) is 5.40. The molecular formula is C13H11IS. The van der Waals surface area contributed by atoms with E-state index in [1.165, 1.54) is 14.0 Å². The van der Waals surface area contributed by atoms with E-state index in [0.717, 1.165) is 5.75 Å². The van der Waals surface area contributed by atoms with Crippen molar-refractivity contribution in [3.63, 3.8) is 0 Å². The van der Waals surface area contributed by atoms with Crippen molar-refractivity contribution in [3.8, 4) is 0 Å². The summed E-state index contributed by atoms with van der Waals surface area (Å²) >= 11 is 4.27. The number of hydrogen-bond donors (Lipinski definition) is 0. The highest BCUT2D eigenvalue weighted by atomic mass is 127. The highest BCUT2D eigenvalue weighted by molar-refractivity contribution is 14.1. The summed E-state index contributed by atoms with van der Waals surface area (Å²) in [5, 5.41) is 0. The average molecular weight is 326 g/mol. The Morgan fingerprint density at radius 2 is 1.53 bits per heavy atom. The Morgan fingerprint density at radius 1 is 0.867 bits per heavy atom. The van der Waals surface area contributed by atoms with Crippen molar-refractivity contribution in [3.05, 3.63) is 63.7 Å². The minimum absolute atomic E-state index is 1.04. The fourth-order valence-electron chi connectivity index (χ4n) is 1.29. The largest absolute Gasteiger partial charge is 0.121 e. The first-order chi connectivity index (χ1) is 7.36. The van der Waals surface area contributed by atoms with Gasteiger partial charge in [0.2, 0.25) is 0 Å². The molecular weight excluding hydrogens is 315 g/mol. The summed E-state index contributed by atoms with van der Waals surface area (Å²) < 4.78 is 1.35. The lowest BCUT2D eigenvalue weighted by Gasteiger charge is -2.03. The molecule has 0 aromatic heterocycles. The first kappa shape index (κ1) is 11.0. The lowest BCUT2D eigenvalue weighted by Crippen LogP contribution is -1.84. The van der Waals surface area contributed by atoms with Crippen molar-refractivity contribution in [2.24, 2.45) is 0 Å². The molecule has 2 rings (SSSR count). The Kier molecular flexibility index (Phi) is 4.09. The molecule has 0 atom stereocenters. The van der Waals surface area contributed by atoms with Crippen molar-refractivity contribution in [1.29, 1.82) is 0 Å². The molecule has 0 radical (unpaired) electrons. The summed E-state index contributed by atoms with van der Waals surface area (Å²) in [6.45, 7) is 0. The maximum absolute atomic E-state index is 2.39. The smallest absolute Gasteiger partial charge is 0.0242 e. The van der Waals surface area contributed by atoms with Gasteiger partial charge in [0, 0.05) is 14.2 Å². The molecule has 2 aromatic carbocycles. The van der Waals surface area contributed by atoms with E-state index in [1.54, 1.807) is 0 Å². The third-order valence-corrected chi connectivity index (χ3v) is 4.21. The van der Waals surface area contributed by atoms with Gasteiger partial charge in [-0.15, -0.1) is 11.8 Å². The lowest BCUT2D eigenvalue weighted by atomic mass is 10.2. The van der Waals surface area contributed by atoms with Crippen LogP contribution in [0, 0.1) is 3.57 Å². The molecule has 0 amide bonds. The van der Waals surface area contributed by atoms with Gasteiger partial charge in [-0.1, -0.05) is 36.4 Å². The highest BCUT2D eigenvalue weighted by Crippen LogP contribution is 2.24. The van der Waals surface area contributed by atoms with E-state index in [4.69, 9.17) is 0 Å². The molecule has 2 heteroatoms. The molecule has 0 aliphatic rings. The van der Waals surface area contributed by atoms with Crippen LogP contribution >= 0.6 is 34.4 Å². The van der Waals surface area contributed by atoms with E-state index in [-0.39, 0.29) is 0 Å². The molecule has 0 nitrogen and oxygen atoms in total. The molecule has 0 unspecified atom stereocenters. The zero-order chi connectivity index (χ0) is 10.5. The maximum atomic E-state index is 2.39. The zero-order valence-corrected chi connectivity index (χ0v) is 11.2. The van der Waals surface area contributed by atoms with Crippen LogP contribution in [-0.2, 0) is 5.75 Å². The van der Waals surface area contributed by atoms with Gasteiger partial charge in [-0.05, 0) is 46.4 Å². The van der Waals surface area contributed by atoms with E-state index in [2.05, 4.69) is 77.2 Å². The van der Waals surface area contributed by atoms with E-state index in [1.807, 2.05) is 11.8 Å². The monoisotopic (exact) mass is 326 g/mol. The fraction of sp³-hybridized carbons (Fsp3) is 0.0769. The van der Waals surface area contributed by atoms with E-state index in [9.17, 15) is 0 Å². The van der Waals surface area contributed by atoms with Gasteiger partial charge < -0.3 is 0 Å². The van der Waals surface area contributed by atoms with Crippen LogP contribution in [0.4, 0.5) is 0 Å². The lowest BCUT2D eigenvalue weighted by molar-refractivity contribution is 1.36. The predicted octanol–water partition coefficient (Wildman–Crippen LogP) is 4.58. The van der Waals surface area contributed by atoms with Crippen molar-refractivity contribution in [1.82, 2.24) is 0 Å². The van der Waals surface area contributed by atoms with Gasteiger partial charge in [0.15, 0.2) is 0 Å². The van der Waals surface area contributed by atoms with Gasteiger partial charge in [-0.2, -0.15) is 0 Å². The summed E-state index contributed by atoms with van der Waals surface area (Å²) in [4.78, 5) is 1.33. The molecule has 0 bridgehead atoms. The van der Waals surface area contributed by atoms with Crippen LogP contribution < -0.4 is 0 Å². The minimum atomic E-state index is 1.04. The van der Waals surface area contributed by atoms with Gasteiger partial charge in [-0.25, -0.2) is 0 Å².